The normalized spacial score (nSPS) is 19.2. The number of aliphatic hydroxyl groups is 1. The minimum atomic E-state index is -0.576. The largest absolute Gasteiger partial charge is 0.472 e. The Morgan fingerprint density at radius 2 is 1.80 bits per heavy atom. The predicted molar refractivity (Wildman–Crippen MR) is 141 cm³/mol. The Bertz CT molecular complexity index is 1080. The molecule has 3 aromatic rings. The number of piperazine rings is 1. The van der Waals surface area contributed by atoms with Gasteiger partial charge >= 0.3 is 0 Å². The molecule has 2 aliphatic rings. The van der Waals surface area contributed by atoms with Crippen LogP contribution in [-0.4, -0.2) is 77.7 Å². The van der Waals surface area contributed by atoms with Crippen LogP contribution in [0, 0.1) is 6.92 Å². The number of thiazole rings is 1. The topological polar surface area (TPSA) is 58.1 Å². The second kappa shape index (κ2) is 11.4. The summed E-state index contributed by atoms with van der Waals surface area (Å²) in [4.78, 5) is 9.35. The van der Waals surface area contributed by atoms with Crippen molar-refractivity contribution in [2.45, 2.75) is 58.0 Å². The molecule has 0 bridgehead atoms. The third kappa shape index (κ3) is 6.22. The average Bonchev–Trinajstić information content (AvgIpc) is 3.44. The van der Waals surface area contributed by atoms with Gasteiger partial charge in [-0.1, -0.05) is 24.3 Å². The summed E-state index contributed by atoms with van der Waals surface area (Å²) in [5.74, 6) is 0.765. The Hall–Kier alpha value is -2.03. The molecule has 35 heavy (non-hydrogen) atoms. The fraction of sp³-hybridized carbons (Fsp3) is 0.536. The van der Waals surface area contributed by atoms with E-state index in [9.17, 15) is 5.11 Å². The molecule has 5 rings (SSSR count). The third-order valence-corrected chi connectivity index (χ3v) is 8.09. The van der Waals surface area contributed by atoms with Crippen LogP contribution in [0.15, 0.2) is 42.5 Å². The van der Waals surface area contributed by atoms with Gasteiger partial charge in [0.1, 0.15) is 11.9 Å². The van der Waals surface area contributed by atoms with Gasteiger partial charge in [-0.25, -0.2) is 4.98 Å². The summed E-state index contributed by atoms with van der Waals surface area (Å²) in [6, 6.07) is 14.7. The minimum absolute atomic E-state index is 0.349. The van der Waals surface area contributed by atoms with Gasteiger partial charge in [0.25, 0.3) is 0 Å². The van der Waals surface area contributed by atoms with Gasteiger partial charge in [-0.05, 0) is 69.3 Å². The van der Waals surface area contributed by atoms with Crippen molar-refractivity contribution in [2.24, 2.45) is 0 Å². The van der Waals surface area contributed by atoms with Gasteiger partial charge < -0.3 is 19.5 Å². The Balaban J connectivity index is 1.02. The number of rotatable bonds is 10. The molecule has 188 valence electrons. The highest BCUT2D eigenvalue weighted by atomic mass is 32.1. The van der Waals surface area contributed by atoms with Crippen molar-refractivity contribution in [3.05, 3.63) is 58.6 Å². The van der Waals surface area contributed by atoms with Gasteiger partial charge in [-0.15, -0.1) is 11.3 Å². The summed E-state index contributed by atoms with van der Waals surface area (Å²) in [5, 5.41) is 11.5. The van der Waals surface area contributed by atoms with Crippen molar-refractivity contribution in [3.63, 3.8) is 0 Å². The van der Waals surface area contributed by atoms with E-state index in [1.807, 2.05) is 26.0 Å². The Labute approximate surface area is 212 Å². The van der Waals surface area contributed by atoms with Gasteiger partial charge in [0.15, 0.2) is 6.23 Å². The van der Waals surface area contributed by atoms with Gasteiger partial charge in [0.05, 0.1) is 21.3 Å². The number of hydrogen-bond donors (Lipinski definition) is 1. The standard InChI is InChI=1S/C28H37N3O3S/c1-20(32)28(34-24-9-10-27-26(19-24)29-21(2)35-27)31-14-12-30(13-15-31)11-5-6-16-33-25-17-22-7-3-4-8-23(22)18-25/h3-4,7-10,19-20,25,28,32H,5-6,11-18H2,1-2H3/t20-,28?/m1/s1. The summed E-state index contributed by atoms with van der Waals surface area (Å²) in [6.45, 7) is 9.55. The van der Waals surface area contributed by atoms with Crippen molar-refractivity contribution in [3.8, 4) is 5.75 Å². The number of unbranched alkanes of at least 4 members (excludes halogenated alkanes) is 1. The van der Waals surface area contributed by atoms with Crippen LogP contribution in [-0.2, 0) is 17.6 Å². The Kier molecular flexibility index (Phi) is 8.00. The van der Waals surface area contributed by atoms with Crippen LogP contribution in [0.2, 0.25) is 0 Å². The van der Waals surface area contributed by atoms with Crippen molar-refractivity contribution in [1.29, 1.82) is 0 Å². The average molecular weight is 496 g/mol. The molecule has 1 aliphatic carbocycles. The van der Waals surface area contributed by atoms with E-state index in [1.54, 1.807) is 11.3 Å². The SMILES string of the molecule is Cc1nc2cc(OC([C@@H](C)O)N3CCN(CCCCOC4Cc5ccccc5C4)CC3)ccc2s1. The first-order valence-corrected chi connectivity index (χ1v) is 13.7. The number of aromatic nitrogens is 1. The molecule has 0 amide bonds. The van der Waals surface area contributed by atoms with Crippen LogP contribution in [0.3, 0.4) is 0 Å². The molecule has 1 saturated heterocycles. The van der Waals surface area contributed by atoms with E-state index in [0.717, 1.165) is 86.0 Å². The highest BCUT2D eigenvalue weighted by Crippen LogP contribution is 2.27. The van der Waals surface area contributed by atoms with Crippen LogP contribution < -0.4 is 4.74 Å². The lowest BCUT2D eigenvalue weighted by Gasteiger charge is -2.40. The highest BCUT2D eigenvalue weighted by Gasteiger charge is 2.29. The molecular formula is C28H37N3O3S. The van der Waals surface area contributed by atoms with E-state index in [0.29, 0.717) is 6.10 Å². The smallest absolute Gasteiger partial charge is 0.178 e. The maximum Gasteiger partial charge on any atom is 0.178 e. The number of fused-ring (bicyclic) bond motifs is 2. The van der Waals surface area contributed by atoms with Gasteiger partial charge in [-0.2, -0.15) is 0 Å². The first-order valence-electron chi connectivity index (χ1n) is 12.9. The molecule has 2 heterocycles. The summed E-state index contributed by atoms with van der Waals surface area (Å²) in [6.07, 6.45) is 3.80. The maximum absolute atomic E-state index is 10.4. The molecule has 0 spiro atoms. The highest BCUT2D eigenvalue weighted by molar-refractivity contribution is 7.18. The Morgan fingerprint density at radius 3 is 2.51 bits per heavy atom. The van der Waals surface area contributed by atoms with E-state index in [4.69, 9.17) is 9.47 Å². The van der Waals surface area contributed by atoms with E-state index in [1.165, 1.54) is 11.1 Å². The summed E-state index contributed by atoms with van der Waals surface area (Å²) >= 11 is 1.69. The molecule has 1 aromatic heterocycles. The first-order chi connectivity index (χ1) is 17.0. The lowest BCUT2D eigenvalue weighted by Crippen LogP contribution is -2.55. The van der Waals surface area contributed by atoms with Crippen LogP contribution in [0.4, 0.5) is 0 Å². The number of aryl methyl sites for hydroxylation is 1. The molecule has 1 fully saturated rings. The summed E-state index contributed by atoms with van der Waals surface area (Å²) in [5.41, 5.74) is 3.86. The number of nitrogens with zero attached hydrogens (tertiary/aromatic N) is 3. The fourth-order valence-corrected chi connectivity index (χ4v) is 6.09. The number of hydrogen-bond acceptors (Lipinski definition) is 7. The molecule has 0 saturated carbocycles. The second-order valence-corrected chi connectivity index (χ2v) is 11.1. The molecule has 7 heteroatoms. The number of benzene rings is 2. The van der Waals surface area contributed by atoms with E-state index < -0.39 is 6.10 Å². The lowest BCUT2D eigenvalue weighted by molar-refractivity contribution is -0.0745. The van der Waals surface area contributed by atoms with Crippen molar-refractivity contribution in [2.75, 3.05) is 39.3 Å². The molecule has 6 nitrogen and oxygen atoms in total. The molecule has 1 unspecified atom stereocenters. The van der Waals surface area contributed by atoms with Crippen molar-refractivity contribution in [1.82, 2.24) is 14.8 Å². The maximum atomic E-state index is 10.4. The number of ether oxygens (including phenoxy) is 2. The zero-order valence-corrected chi connectivity index (χ0v) is 21.7. The van der Waals surface area contributed by atoms with E-state index in [2.05, 4.69) is 45.1 Å². The van der Waals surface area contributed by atoms with Gasteiger partial charge in [-0.3, -0.25) is 4.90 Å². The third-order valence-electron chi connectivity index (χ3n) is 7.14. The van der Waals surface area contributed by atoms with E-state index in [-0.39, 0.29) is 6.23 Å². The molecule has 0 radical (unpaired) electrons. The monoisotopic (exact) mass is 495 g/mol. The van der Waals surface area contributed by atoms with Crippen LogP contribution in [0.1, 0.15) is 35.9 Å². The summed E-state index contributed by atoms with van der Waals surface area (Å²) < 4.78 is 13.6. The summed E-state index contributed by atoms with van der Waals surface area (Å²) in [7, 11) is 0. The van der Waals surface area contributed by atoms with Crippen LogP contribution >= 0.6 is 11.3 Å². The second-order valence-electron chi connectivity index (χ2n) is 9.87. The van der Waals surface area contributed by atoms with Crippen molar-refractivity contribution >= 4 is 21.6 Å². The van der Waals surface area contributed by atoms with Crippen LogP contribution in [0.25, 0.3) is 10.2 Å². The molecule has 2 aromatic carbocycles. The number of aliphatic hydroxyl groups excluding tert-OH is 1. The zero-order chi connectivity index (χ0) is 24.2. The predicted octanol–water partition coefficient (Wildman–Crippen LogP) is 4.27. The van der Waals surface area contributed by atoms with Crippen molar-refractivity contribution < 1.29 is 14.6 Å². The molecule has 1 aliphatic heterocycles. The van der Waals surface area contributed by atoms with Gasteiger partial charge in [0, 0.05) is 38.9 Å². The minimum Gasteiger partial charge on any atom is -0.472 e. The van der Waals surface area contributed by atoms with E-state index >= 15 is 0 Å². The van der Waals surface area contributed by atoms with Gasteiger partial charge in [0.2, 0.25) is 0 Å². The molecule has 2 atom stereocenters. The molecule has 1 N–H and O–H groups in total. The first kappa shape index (κ1) is 24.7. The zero-order valence-electron chi connectivity index (χ0n) is 20.9. The fourth-order valence-electron chi connectivity index (χ4n) is 5.28. The Morgan fingerprint density at radius 1 is 1.06 bits per heavy atom. The molecular weight excluding hydrogens is 458 g/mol. The van der Waals surface area contributed by atoms with Crippen LogP contribution in [0.5, 0.6) is 5.75 Å². The quantitative estimate of drug-likeness (QED) is 0.424. The lowest BCUT2D eigenvalue weighted by atomic mass is 10.1.